The molecule has 42 heavy (non-hydrogen) atoms. The average molecular weight is 565 g/mol. The Kier molecular flexibility index (Phi) is 8.69. The lowest BCUT2D eigenvalue weighted by atomic mass is 9.83. The van der Waals surface area contributed by atoms with E-state index in [0.29, 0.717) is 40.5 Å². The molecule has 8 heteroatoms. The summed E-state index contributed by atoms with van der Waals surface area (Å²) in [6.07, 6.45) is 1.84. The van der Waals surface area contributed by atoms with E-state index >= 15 is 0 Å². The summed E-state index contributed by atoms with van der Waals surface area (Å²) < 4.78 is 36.9. The van der Waals surface area contributed by atoms with E-state index in [1.807, 2.05) is 12.1 Å². The normalized spacial score (nSPS) is 13.9. The first-order valence-electron chi connectivity index (χ1n) is 13.6. The first-order valence-corrected chi connectivity index (χ1v) is 13.6. The number of halogens is 1. The number of allylic oxidation sites excluding steroid dienone is 1. The molecule has 1 unspecified atom stereocenters. The number of unbranched alkanes of at least 4 members (excludes halogenated alkanes) is 1. The second-order valence-electron chi connectivity index (χ2n) is 9.66. The summed E-state index contributed by atoms with van der Waals surface area (Å²) in [6.45, 7) is 2.65. The molecule has 5 rings (SSSR count). The van der Waals surface area contributed by atoms with Crippen LogP contribution in [0.2, 0.25) is 0 Å². The molecule has 1 atom stereocenters. The Hall–Kier alpha value is -5.29. The molecule has 1 aliphatic heterocycles. The number of rotatable bonds is 10. The van der Waals surface area contributed by atoms with Crippen LogP contribution in [0.25, 0.3) is 0 Å². The van der Waals surface area contributed by atoms with E-state index in [1.54, 1.807) is 72.8 Å². The Morgan fingerprint density at radius 3 is 2.48 bits per heavy atom. The Balaban J connectivity index is 1.35. The summed E-state index contributed by atoms with van der Waals surface area (Å²) in [6, 6.07) is 27.7. The van der Waals surface area contributed by atoms with Crippen molar-refractivity contribution in [2.75, 3.05) is 6.61 Å². The van der Waals surface area contributed by atoms with Gasteiger partial charge >= 0.3 is 5.97 Å². The number of carbonyl (C=O) groups excluding carboxylic acids is 1. The molecule has 0 fully saturated rings. The minimum Gasteiger partial charge on any atom is -0.493 e. The number of carbonyl (C=O) groups is 1. The van der Waals surface area contributed by atoms with Crippen LogP contribution in [0.4, 0.5) is 4.39 Å². The number of nitriles is 1. The van der Waals surface area contributed by atoms with Gasteiger partial charge in [-0.25, -0.2) is 9.18 Å². The molecule has 0 aliphatic carbocycles. The molecule has 0 saturated heterocycles. The SMILES string of the molecule is CCCCOc1ccccc1C(=O)Oc1ccc2c(c1)OC(N)=C(C#N)C2c1ccc(OCc2ccccc2F)cc1. The molecular weight excluding hydrogens is 535 g/mol. The maximum absolute atomic E-state index is 13.9. The maximum Gasteiger partial charge on any atom is 0.347 e. The van der Waals surface area contributed by atoms with Crippen LogP contribution in [0.5, 0.6) is 23.0 Å². The molecule has 0 spiro atoms. The van der Waals surface area contributed by atoms with E-state index in [4.69, 9.17) is 24.7 Å². The van der Waals surface area contributed by atoms with Gasteiger partial charge in [0.2, 0.25) is 5.88 Å². The lowest BCUT2D eigenvalue weighted by Crippen LogP contribution is -2.21. The summed E-state index contributed by atoms with van der Waals surface area (Å²) in [5.41, 5.74) is 8.64. The number of esters is 1. The number of fused-ring (bicyclic) bond motifs is 1. The zero-order chi connectivity index (χ0) is 29.5. The van der Waals surface area contributed by atoms with E-state index in [9.17, 15) is 14.4 Å². The second kappa shape index (κ2) is 12.9. The first-order chi connectivity index (χ1) is 20.5. The van der Waals surface area contributed by atoms with E-state index in [2.05, 4.69) is 13.0 Å². The maximum atomic E-state index is 13.9. The van der Waals surface area contributed by atoms with Crippen molar-refractivity contribution in [2.24, 2.45) is 5.73 Å². The minimum absolute atomic E-state index is 0.0342. The Morgan fingerprint density at radius 2 is 1.71 bits per heavy atom. The fourth-order valence-corrected chi connectivity index (χ4v) is 4.62. The smallest absolute Gasteiger partial charge is 0.347 e. The molecule has 1 aliphatic rings. The Labute approximate surface area is 243 Å². The Morgan fingerprint density at radius 1 is 0.976 bits per heavy atom. The standard InChI is InChI=1S/C34H29FN2O5/c1-2-3-18-39-30-11-7-5-9-27(30)34(38)41-25-16-17-26-31(19-25)42-33(37)28(20-36)32(26)22-12-14-24(15-13-22)40-21-23-8-4-6-10-29(23)35/h4-17,19,32H,2-3,18,21,37H2,1H3. The fourth-order valence-electron chi connectivity index (χ4n) is 4.62. The molecule has 4 aromatic rings. The van der Waals surface area contributed by atoms with Crippen molar-refractivity contribution in [3.05, 3.63) is 131 Å². The van der Waals surface area contributed by atoms with Crippen molar-refractivity contribution in [3.8, 4) is 29.1 Å². The lowest BCUT2D eigenvalue weighted by Gasteiger charge is -2.27. The predicted molar refractivity (Wildman–Crippen MR) is 155 cm³/mol. The predicted octanol–water partition coefficient (Wildman–Crippen LogP) is 7.02. The number of ether oxygens (including phenoxy) is 4. The number of benzene rings is 4. The van der Waals surface area contributed by atoms with Gasteiger partial charge in [-0.05, 0) is 48.4 Å². The van der Waals surface area contributed by atoms with Gasteiger partial charge in [-0.15, -0.1) is 0 Å². The van der Waals surface area contributed by atoms with Gasteiger partial charge in [0, 0.05) is 17.2 Å². The summed E-state index contributed by atoms with van der Waals surface area (Å²) >= 11 is 0. The highest BCUT2D eigenvalue weighted by molar-refractivity contribution is 5.94. The number of hydrogen-bond donors (Lipinski definition) is 1. The van der Waals surface area contributed by atoms with Gasteiger partial charge in [-0.2, -0.15) is 5.26 Å². The van der Waals surface area contributed by atoms with Gasteiger partial charge in [0.15, 0.2) is 0 Å². The van der Waals surface area contributed by atoms with Crippen molar-refractivity contribution in [1.29, 1.82) is 5.26 Å². The van der Waals surface area contributed by atoms with Crippen LogP contribution < -0.4 is 24.7 Å². The van der Waals surface area contributed by atoms with Crippen molar-refractivity contribution in [3.63, 3.8) is 0 Å². The second-order valence-corrected chi connectivity index (χ2v) is 9.66. The molecule has 1 heterocycles. The molecule has 0 bridgehead atoms. The zero-order valence-electron chi connectivity index (χ0n) is 23.0. The van der Waals surface area contributed by atoms with E-state index < -0.39 is 11.9 Å². The minimum atomic E-state index is -0.568. The third-order valence-corrected chi connectivity index (χ3v) is 6.83. The molecule has 212 valence electrons. The average Bonchev–Trinajstić information content (AvgIpc) is 3.00. The van der Waals surface area contributed by atoms with Gasteiger partial charge in [0.1, 0.15) is 52.6 Å². The molecule has 4 aromatic carbocycles. The van der Waals surface area contributed by atoms with Crippen molar-refractivity contribution in [2.45, 2.75) is 32.3 Å². The number of hydrogen-bond acceptors (Lipinski definition) is 7. The summed E-state index contributed by atoms with van der Waals surface area (Å²) in [5.74, 6) is 0.177. The van der Waals surface area contributed by atoms with Gasteiger partial charge in [0.25, 0.3) is 0 Å². The molecule has 0 radical (unpaired) electrons. The van der Waals surface area contributed by atoms with Crippen LogP contribution in [-0.2, 0) is 6.61 Å². The molecule has 0 saturated carbocycles. The van der Waals surface area contributed by atoms with Crippen LogP contribution in [-0.4, -0.2) is 12.6 Å². The topological polar surface area (TPSA) is 104 Å². The first kappa shape index (κ1) is 28.2. The van der Waals surface area contributed by atoms with Crippen molar-refractivity contribution in [1.82, 2.24) is 0 Å². The van der Waals surface area contributed by atoms with Crippen molar-refractivity contribution < 1.29 is 28.1 Å². The fraction of sp³-hybridized carbons (Fsp3) is 0.176. The molecule has 7 nitrogen and oxygen atoms in total. The van der Waals surface area contributed by atoms with Crippen LogP contribution in [0.3, 0.4) is 0 Å². The van der Waals surface area contributed by atoms with Gasteiger partial charge in [0.05, 0.1) is 12.5 Å². The quantitative estimate of drug-likeness (QED) is 0.125. The Bertz CT molecular complexity index is 1660. The molecule has 2 N–H and O–H groups in total. The van der Waals surface area contributed by atoms with Gasteiger partial charge in [-0.1, -0.05) is 61.9 Å². The summed E-state index contributed by atoms with van der Waals surface area (Å²) in [5, 5.41) is 9.90. The van der Waals surface area contributed by atoms with Gasteiger partial charge < -0.3 is 24.7 Å². The monoisotopic (exact) mass is 564 g/mol. The highest BCUT2D eigenvalue weighted by Crippen LogP contribution is 2.43. The van der Waals surface area contributed by atoms with E-state index in [0.717, 1.165) is 18.4 Å². The highest BCUT2D eigenvalue weighted by atomic mass is 19.1. The van der Waals surface area contributed by atoms with Crippen LogP contribution in [0.15, 0.2) is 102 Å². The van der Waals surface area contributed by atoms with Crippen molar-refractivity contribution >= 4 is 5.97 Å². The highest BCUT2D eigenvalue weighted by Gasteiger charge is 2.31. The number of nitrogens with zero attached hydrogens (tertiary/aromatic N) is 1. The summed E-state index contributed by atoms with van der Waals surface area (Å²) in [7, 11) is 0. The van der Waals surface area contributed by atoms with Gasteiger partial charge in [-0.3, -0.25) is 0 Å². The third-order valence-electron chi connectivity index (χ3n) is 6.83. The third kappa shape index (κ3) is 6.21. The van der Waals surface area contributed by atoms with Crippen LogP contribution in [0, 0.1) is 17.1 Å². The number of para-hydroxylation sites is 1. The van der Waals surface area contributed by atoms with E-state index in [1.165, 1.54) is 6.07 Å². The lowest BCUT2D eigenvalue weighted by molar-refractivity contribution is 0.0730. The number of nitrogens with two attached hydrogens (primary N) is 1. The summed E-state index contributed by atoms with van der Waals surface area (Å²) in [4.78, 5) is 13.0. The zero-order valence-corrected chi connectivity index (χ0v) is 23.0. The molecule has 0 aromatic heterocycles. The molecule has 0 amide bonds. The van der Waals surface area contributed by atoms with E-state index in [-0.39, 0.29) is 29.6 Å². The molecular formula is C34H29FN2O5. The van der Waals surface area contributed by atoms with Crippen LogP contribution in [0.1, 0.15) is 52.7 Å². The van der Waals surface area contributed by atoms with Crippen LogP contribution >= 0.6 is 0 Å². The largest absolute Gasteiger partial charge is 0.493 e.